The number of amides is 1. The minimum Gasteiger partial charge on any atom is -0.496 e. The molecule has 1 aliphatic rings. The summed E-state index contributed by atoms with van der Waals surface area (Å²) in [4.78, 5) is 19.1. The average Bonchev–Trinajstić information content (AvgIpc) is 3.09. The van der Waals surface area contributed by atoms with Gasteiger partial charge in [0, 0.05) is 24.5 Å². The van der Waals surface area contributed by atoms with Crippen LogP contribution in [0.1, 0.15) is 27.9 Å². The molecule has 1 aromatic heterocycles. The molecular weight excluding hydrogens is 330 g/mol. The Balaban J connectivity index is 1.76. The summed E-state index contributed by atoms with van der Waals surface area (Å²) < 4.78 is 11.1. The smallest absolute Gasteiger partial charge is 0.259 e. The van der Waals surface area contributed by atoms with Crippen molar-refractivity contribution in [2.24, 2.45) is 0 Å². The minimum absolute atomic E-state index is 0.161. The van der Waals surface area contributed by atoms with Crippen LogP contribution in [0.15, 0.2) is 30.5 Å². The summed E-state index contributed by atoms with van der Waals surface area (Å²) >= 11 is 0. The van der Waals surface area contributed by atoms with Gasteiger partial charge < -0.3 is 19.7 Å². The van der Waals surface area contributed by atoms with Crippen LogP contribution in [-0.2, 0) is 12.8 Å². The molecule has 0 radical (unpaired) electrons. The van der Waals surface area contributed by atoms with E-state index in [0.717, 1.165) is 31.4 Å². The number of aryl methyl sites for hydroxylation is 1. The third-order valence-electron chi connectivity index (χ3n) is 4.47. The van der Waals surface area contributed by atoms with Gasteiger partial charge in [-0.15, -0.1) is 0 Å². The molecule has 0 spiro atoms. The highest BCUT2D eigenvalue weighted by Crippen LogP contribution is 2.32. The van der Waals surface area contributed by atoms with Gasteiger partial charge >= 0.3 is 0 Å². The maximum absolute atomic E-state index is 12.9. The van der Waals surface area contributed by atoms with Crippen molar-refractivity contribution in [3.8, 4) is 11.6 Å². The Bertz CT molecular complexity index is 790. The first-order valence-corrected chi connectivity index (χ1v) is 8.82. The van der Waals surface area contributed by atoms with Gasteiger partial charge in [-0.25, -0.2) is 4.98 Å². The van der Waals surface area contributed by atoms with Gasteiger partial charge in [0.1, 0.15) is 12.4 Å². The summed E-state index contributed by atoms with van der Waals surface area (Å²) in [5.74, 6) is 0.945. The van der Waals surface area contributed by atoms with E-state index in [4.69, 9.17) is 9.47 Å². The van der Waals surface area contributed by atoms with Crippen molar-refractivity contribution in [1.29, 1.82) is 0 Å². The summed E-state index contributed by atoms with van der Waals surface area (Å²) in [5.41, 5.74) is 3.62. The quantitative estimate of drug-likeness (QED) is 0.827. The second-order valence-electron chi connectivity index (χ2n) is 6.62. The predicted octanol–water partition coefficient (Wildman–Crippen LogP) is 2.77. The van der Waals surface area contributed by atoms with E-state index in [-0.39, 0.29) is 5.91 Å². The first-order valence-electron chi connectivity index (χ1n) is 8.82. The van der Waals surface area contributed by atoms with Crippen molar-refractivity contribution in [1.82, 2.24) is 9.88 Å². The molecule has 1 aromatic carbocycles. The monoisotopic (exact) mass is 355 g/mol. The molecule has 2 aromatic rings. The number of carbonyl (C=O) groups is 1. The number of likely N-dealkylation sites (N-methyl/N-ethyl adjacent to an activating group) is 1. The summed E-state index contributed by atoms with van der Waals surface area (Å²) in [7, 11) is 5.56. The fraction of sp³-hybridized carbons (Fsp3) is 0.400. The molecule has 1 aliphatic carbocycles. The number of methoxy groups -OCH3 is 1. The van der Waals surface area contributed by atoms with Crippen LogP contribution >= 0.6 is 0 Å². The molecule has 1 N–H and O–H groups in total. The molecule has 0 atom stereocenters. The van der Waals surface area contributed by atoms with E-state index in [0.29, 0.717) is 29.5 Å². The number of anilines is 1. The number of nitrogens with one attached hydrogen (secondary N) is 1. The van der Waals surface area contributed by atoms with E-state index in [2.05, 4.69) is 16.4 Å². The lowest BCUT2D eigenvalue weighted by Gasteiger charge is -2.14. The second-order valence-corrected chi connectivity index (χ2v) is 6.62. The van der Waals surface area contributed by atoms with E-state index in [1.54, 1.807) is 25.4 Å². The lowest BCUT2D eigenvalue weighted by molar-refractivity contribution is 0.102. The van der Waals surface area contributed by atoms with Crippen LogP contribution in [0.5, 0.6) is 11.6 Å². The topological polar surface area (TPSA) is 63.7 Å². The highest BCUT2D eigenvalue weighted by molar-refractivity contribution is 6.07. The molecule has 0 saturated heterocycles. The van der Waals surface area contributed by atoms with Crippen LogP contribution in [0.3, 0.4) is 0 Å². The van der Waals surface area contributed by atoms with Gasteiger partial charge in [0.15, 0.2) is 0 Å². The van der Waals surface area contributed by atoms with Gasteiger partial charge in [-0.2, -0.15) is 0 Å². The molecule has 6 nitrogen and oxygen atoms in total. The van der Waals surface area contributed by atoms with Crippen LogP contribution in [0.2, 0.25) is 0 Å². The number of rotatable bonds is 7. The lowest BCUT2D eigenvalue weighted by Crippen LogP contribution is -2.20. The van der Waals surface area contributed by atoms with E-state index < -0.39 is 0 Å². The Morgan fingerprint density at radius 3 is 2.88 bits per heavy atom. The van der Waals surface area contributed by atoms with Crippen molar-refractivity contribution >= 4 is 11.6 Å². The number of fused-ring (bicyclic) bond motifs is 1. The Labute approximate surface area is 154 Å². The van der Waals surface area contributed by atoms with E-state index >= 15 is 0 Å². The van der Waals surface area contributed by atoms with Crippen LogP contribution in [0, 0.1) is 0 Å². The zero-order valence-electron chi connectivity index (χ0n) is 15.5. The molecule has 6 heteroatoms. The Morgan fingerprint density at radius 2 is 2.12 bits per heavy atom. The number of pyridine rings is 1. The first-order chi connectivity index (χ1) is 12.6. The number of carbonyl (C=O) groups excluding carboxylic acids is 1. The fourth-order valence-electron chi connectivity index (χ4n) is 3.16. The number of hydrogen-bond acceptors (Lipinski definition) is 5. The highest BCUT2D eigenvalue weighted by Gasteiger charge is 2.23. The van der Waals surface area contributed by atoms with Gasteiger partial charge in [0.05, 0.1) is 12.7 Å². The third kappa shape index (κ3) is 4.14. The molecule has 0 unspecified atom stereocenters. The van der Waals surface area contributed by atoms with Gasteiger partial charge in [-0.05, 0) is 56.6 Å². The summed E-state index contributed by atoms with van der Waals surface area (Å²) in [6.45, 7) is 1.34. The van der Waals surface area contributed by atoms with Crippen molar-refractivity contribution in [2.75, 3.05) is 39.7 Å². The molecule has 26 heavy (non-hydrogen) atoms. The van der Waals surface area contributed by atoms with Crippen LogP contribution in [-0.4, -0.2) is 50.1 Å². The highest BCUT2D eigenvalue weighted by atomic mass is 16.5. The normalized spacial score (nSPS) is 12.8. The second kappa shape index (κ2) is 8.19. The molecular formula is C20H25N3O3. The van der Waals surface area contributed by atoms with Gasteiger partial charge in [0.2, 0.25) is 5.88 Å². The van der Waals surface area contributed by atoms with Crippen LogP contribution in [0.25, 0.3) is 0 Å². The zero-order chi connectivity index (χ0) is 18.5. The van der Waals surface area contributed by atoms with Crippen molar-refractivity contribution < 1.29 is 14.3 Å². The Morgan fingerprint density at radius 1 is 1.27 bits per heavy atom. The molecule has 1 heterocycles. The molecule has 3 rings (SSSR count). The maximum atomic E-state index is 12.9. The van der Waals surface area contributed by atoms with Gasteiger partial charge in [-0.3, -0.25) is 4.79 Å². The number of ether oxygens (including phenoxy) is 2. The van der Waals surface area contributed by atoms with Crippen molar-refractivity contribution in [3.63, 3.8) is 0 Å². The van der Waals surface area contributed by atoms with Crippen LogP contribution < -0.4 is 14.8 Å². The van der Waals surface area contributed by atoms with Gasteiger partial charge in [-0.1, -0.05) is 6.07 Å². The maximum Gasteiger partial charge on any atom is 0.259 e. The summed E-state index contributed by atoms with van der Waals surface area (Å²) in [6, 6.07) is 7.43. The Kier molecular flexibility index (Phi) is 5.73. The molecule has 0 fully saturated rings. The van der Waals surface area contributed by atoms with Crippen molar-refractivity contribution in [2.45, 2.75) is 19.3 Å². The molecule has 0 aliphatic heterocycles. The van der Waals surface area contributed by atoms with E-state index in [9.17, 15) is 4.79 Å². The largest absolute Gasteiger partial charge is 0.496 e. The van der Waals surface area contributed by atoms with E-state index in [1.165, 1.54) is 5.56 Å². The molecule has 0 bridgehead atoms. The molecule has 1 amide bonds. The standard InChI is InChI=1S/C20H25N3O3/c1-23(2)11-12-26-18-13-15(9-10-21-18)22-20(24)19-16-6-4-5-14(16)7-8-17(19)25-3/h7-10,13H,4-6,11-12H2,1-3H3,(H,21,22,24). The predicted molar refractivity (Wildman–Crippen MR) is 101 cm³/mol. The van der Waals surface area contributed by atoms with E-state index in [1.807, 2.05) is 25.1 Å². The average molecular weight is 355 g/mol. The summed E-state index contributed by atoms with van der Waals surface area (Å²) in [5, 5.41) is 2.95. The summed E-state index contributed by atoms with van der Waals surface area (Å²) in [6.07, 6.45) is 4.62. The first kappa shape index (κ1) is 18.2. The molecule has 0 saturated carbocycles. The Hall–Kier alpha value is -2.60. The number of hydrogen-bond donors (Lipinski definition) is 1. The van der Waals surface area contributed by atoms with Crippen molar-refractivity contribution in [3.05, 3.63) is 47.2 Å². The number of benzene rings is 1. The number of nitrogens with zero attached hydrogens (tertiary/aromatic N) is 2. The zero-order valence-corrected chi connectivity index (χ0v) is 15.5. The minimum atomic E-state index is -0.161. The SMILES string of the molecule is COc1ccc2c(c1C(=O)Nc1ccnc(OCCN(C)C)c1)CCC2. The number of aromatic nitrogens is 1. The third-order valence-corrected chi connectivity index (χ3v) is 4.47. The van der Waals surface area contributed by atoms with Crippen LogP contribution in [0.4, 0.5) is 5.69 Å². The van der Waals surface area contributed by atoms with Gasteiger partial charge in [0.25, 0.3) is 5.91 Å². The molecule has 138 valence electrons. The lowest BCUT2D eigenvalue weighted by atomic mass is 10.0. The fourth-order valence-corrected chi connectivity index (χ4v) is 3.16.